The van der Waals surface area contributed by atoms with Crippen LogP contribution in [0.15, 0.2) is 71.6 Å². The molecule has 0 fully saturated rings. The lowest BCUT2D eigenvalue weighted by Crippen LogP contribution is -2.29. The molecule has 0 saturated carbocycles. The van der Waals surface area contributed by atoms with E-state index in [0.29, 0.717) is 23.6 Å². The average Bonchev–Trinajstić information content (AvgIpc) is 3.44. The van der Waals surface area contributed by atoms with E-state index in [4.69, 9.17) is 9.47 Å². The molecule has 2 aliphatic heterocycles. The summed E-state index contributed by atoms with van der Waals surface area (Å²) in [5.74, 6) is 1.02. The fourth-order valence-corrected chi connectivity index (χ4v) is 4.88. The van der Waals surface area contributed by atoms with Crippen molar-refractivity contribution in [2.75, 3.05) is 18.2 Å². The maximum atomic E-state index is 13.1. The largest absolute Gasteiger partial charge is 0.454 e. The molecule has 0 saturated heterocycles. The summed E-state index contributed by atoms with van der Waals surface area (Å²) in [6.45, 7) is 0.834. The molecule has 1 amide bonds. The zero-order valence-corrected chi connectivity index (χ0v) is 17.4. The molecule has 8 heteroatoms. The van der Waals surface area contributed by atoms with Crippen LogP contribution in [0.1, 0.15) is 21.5 Å². The molecule has 2 heterocycles. The average molecular weight is 436 g/mol. The topological polar surface area (TPSA) is 84.9 Å². The number of carbonyl (C=O) groups is 1. The number of nitrogens with one attached hydrogen (secondary N) is 1. The second kappa shape index (κ2) is 7.72. The predicted octanol–water partition coefficient (Wildman–Crippen LogP) is 3.10. The first-order chi connectivity index (χ1) is 15.0. The summed E-state index contributed by atoms with van der Waals surface area (Å²) >= 11 is 0. The lowest BCUT2D eigenvalue weighted by Gasteiger charge is -2.18. The summed E-state index contributed by atoms with van der Waals surface area (Å²) in [4.78, 5) is 14.8. The number of hydrogen-bond acceptors (Lipinski definition) is 5. The number of benzene rings is 3. The molecule has 0 atom stereocenters. The van der Waals surface area contributed by atoms with Gasteiger partial charge in [-0.1, -0.05) is 30.3 Å². The molecule has 0 bridgehead atoms. The zero-order valence-electron chi connectivity index (χ0n) is 16.6. The Kier molecular flexibility index (Phi) is 4.88. The van der Waals surface area contributed by atoms with Gasteiger partial charge in [-0.25, -0.2) is 13.1 Å². The number of fused-ring (bicyclic) bond motifs is 2. The molecule has 0 aliphatic carbocycles. The summed E-state index contributed by atoms with van der Waals surface area (Å²) in [5.41, 5.74) is 3.07. The van der Waals surface area contributed by atoms with Gasteiger partial charge in [0.1, 0.15) is 0 Å². The Hall–Kier alpha value is -3.36. The van der Waals surface area contributed by atoms with E-state index in [-0.39, 0.29) is 24.1 Å². The van der Waals surface area contributed by atoms with Crippen LogP contribution in [0.25, 0.3) is 0 Å². The molecular formula is C23H20N2O5S. The van der Waals surface area contributed by atoms with Gasteiger partial charge in [-0.05, 0) is 53.9 Å². The Labute approximate surface area is 180 Å². The highest BCUT2D eigenvalue weighted by Crippen LogP contribution is 2.32. The Bertz CT molecular complexity index is 1270. The van der Waals surface area contributed by atoms with Gasteiger partial charge in [0, 0.05) is 24.3 Å². The number of para-hydroxylation sites is 1. The summed E-state index contributed by atoms with van der Waals surface area (Å²) in [7, 11) is -3.81. The molecule has 2 aliphatic rings. The van der Waals surface area contributed by atoms with E-state index in [2.05, 4.69) is 4.72 Å². The van der Waals surface area contributed by atoms with Gasteiger partial charge in [-0.2, -0.15) is 0 Å². The van der Waals surface area contributed by atoms with Crippen molar-refractivity contribution in [1.29, 1.82) is 0 Å². The highest BCUT2D eigenvalue weighted by atomic mass is 32.2. The first-order valence-electron chi connectivity index (χ1n) is 9.89. The lowest BCUT2D eigenvalue weighted by molar-refractivity contribution is 0.0989. The van der Waals surface area contributed by atoms with Crippen molar-refractivity contribution in [2.24, 2.45) is 0 Å². The van der Waals surface area contributed by atoms with Gasteiger partial charge in [0.05, 0.1) is 4.90 Å². The van der Waals surface area contributed by atoms with E-state index >= 15 is 0 Å². The van der Waals surface area contributed by atoms with Crippen molar-refractivity contribution in [1.82, 2.24) is 4.72 Å². The molecule has 0 aromatic heterocycles. The van der Waals surface area contributed by atoms with Gasteiger partial charge in [0.15, 0.2) is 11.5 Å². The van der Waals surface area contributed by atoms with E-state index in [0.717, 1.165) is 23.2 Å². The van der Waals surface area contributed by atoms with Crippen LogP contribution in [0, 0.1) is 0 Å². The predicted molar refractivity (Wildman–Crippen MR) is 115 cm³/mol. The number of nitrogens with zero attached hydrogens (tertiary/aromatic N) is 1. The monoisotopic (exact) mass is 436 g/mol. The van der Waals surface area contributed by atoms with Gasteiger partial charge < -0.3 is 14.4 Å². The third-order valence-electron chi connectivity index (χ3n) is 5.43. The van der Waals surface area contributed by atoms with E-state index in [1.54, 1.807) is 35.2 Å². The number of rotatable bonds is 5. The van der Waals surface area contributed by atoms with Gasteiger partial charge in [0.25, 0.3) is 5.91 Å². The van der Waals surface area contributed by atoms with Crippen LogP contribution in [0.4, 0.5) is 5.69 Å². The summed E-state index contributed by atoms with van der Waals surface area (Å²) in [6.07, 6.45) is 0.789. The SMILES string of the molecule is O=C(c1cccc(S(=O)(=O)NCc2ccc3c(c2)OCO3)c1)N1CCc2ccccc21. The highest BCUT2D eigenvalue weighted by Gasteiger charge is 2.26. The van der Waals surface area contributed by atoms with E-state index in [9.17, 15) is 13.2 Å². The van der Waals surface area contributed by atoms with Gasteiger partial charge in [0.2, 0.25) is 16.8 Å². The van der Waals surface area contributed by atoms with Crippen LogP contribution in [0.2, 0.25) is 0 Å². The molecule has 0 spiro atoms. The molecule has 1 N–H and O–H groups in total. The van der Waals surface area contributed by atoms with E-state index in [1.807, 2.05) is 24.3 Å². The quantitative estimate of drug-likeness (QED) is 0.664. The minimum atomic E-state index is -3.81. The Balaban J connectivity index is 1.34. The number of carbonyl (C=O) groups excluding carboxylic acids is 1. The van der Waals surface area contributed by atoms with Gasteiger partial charge >= 0.3 is 0 Å². The Morgan fingerprint density at radius 2 is 1.81 bits per heavy atom. The molecule has 3 aromatic rings. The summed E-state index contributed by atoms with van der Waals surface area (Å²) in [6, 6.07) is 19.2. The second-order valence-corrected chi connectivity index (χ2v) is 9.14. The normalized spacial score (nSPS) is 14.5. The van der Waals surface area contributed by atoms with Gasteiger partial charge in [-0.15, -0.1) is 0 Å². The Morgan fingerprint density at radius 3 is 2.71 bits per heavy atom. The molecule has 0 radical (unpaired) electrons. The van der Waals surface area contributed by atoms with Crippen LogP contribution < -0.4 is 19.1 Å². The molecule has 3 aromatic carbocycles. The van der Waals surface area contributed by atoms with Crippen molar-refractivity contribution in [3.8, 4) is 11.5 Å². The molecular weight excluding hydrogens is 416 g/mol. The van der Waals surface area contributed by atoms with Gasteiger partial charge in [-0.3, -0.25) is 4.79 Å². The zero-order chi connectivity index (χ0) is 21.4. The van der Waals surface area contributed by atoms with Crippen molar-refractivity contribution < 1.29 is 22.7 Å². The third kappa shape index (κ3) is 3.75. The molecule has 5 rings (SSSR count). The molecule has 158 valence electrons. The fourth-order valence-electron chi connectivity index (χ4n) is 3.81. The molecule has 7 nitrogen and oxygen atoms in total. The number of hydrogen-bond donors (Lipinski definition) is 1. The van der Waals surface area contributed by atoms with Crippen molar-refractivity contribution in [3.05, 3.63) is 83.4 Å². The first kappa shape index (κ1) is 19.6. The second-order valence-electron chi connectivity index (χ2n) is 7.38. The summed E-state index contributed by atoms with van der Waals surface area (Å²) < 4.78 is 38.9. The summed E-state index contributed by atoms with van der Waals surface area (Å²) in [5, 5.41) is 0. The lowest BCUT2D eigenvalue weighted by atomic mass is 10.1. The minimum Gasteiger partial charge on any atom is -0.454 e. The number of sulfonamides is 1. The fraction of sp³-hybridized carbons (Fsp3) is 0.174. The third-order valence-corrected chi connectivity index (χ3v) is 6.83. The number of anilines is 1. The molecule has 31 heavy (non-hydrogen) atoms. The van der Waals surface area contributed by atoms with Crippen LogP contribution >= 0.6 is 0 Å². The Morgan fingerprint density at radius 1 is 0.968 bits per heavy atom. The van der Waals surface area contributed by atoms with Crippen LogP contribution in [-0.2, 0) is 23.0 Å². The maximum absolute atomic E-state index is 13.1. The number of amides is 1. The number of ether oxygens (including phenoxy) is 2. The first-order valence-corrected chi connectivity index (χ1v) is 11.4. The maximum Gasteiger partial charge on any atom is 0.258 e. The molecule has 0 unspecified atom stereocenters. The van der Waals surface area contributed by atoms with E-state index in [1.165, 1.54) is 12.1 Å². The highest BCUT2D eigenvalue weighted by molar-refractivity contribution is 7.89. The van der Waals surface area contributed by atoms with Crippen LogP contribution in [0.3, 0.4) is 0 Å². The van der Waals surface area contributed by atoms with Crippen LogP contribution in [0.5, 0.6) is 11.5 Å². The smallest absolute Gasteiger partial charge is 0.258 e. The van der Waals surface area contributed by atoms with E-state index < -0.39 is 10.0 Å². The van der Waals surface area contributed by atoms with Crippen molar-refractivity contribution >= 4 is 21.6 Å². The van der Waals surface area contributed by atoms with Crippen molar-refractivity contribution in [2.45, 2.75) is 17.9 Å². The minimum absolute atomic E-state index is 0.0478. The standard InChI is InChI=1S/C23H20N2O5S/c26-23(25-11-10-17-4-1-2-7-20(17)25)18-5-3-6-19(13-18)31(27,28)24-14-16-8-9-21-22(12-16)30-15-29-21/h1-9,12-13,24H,10-11,14-15H2. The van der Waals surface area contributed by atoms with Crippen molar-refractivity contribution in [3.63, 3.8) is 0 Å². The van der Waals surface area contributed by atoms with Crippen LogP contribution in [-0.4, -0.2) is 27.7 Å².